The van der Waals surface area contributed by atoms with E-state index in [0.29, 0.717) is 34.9 Å². The summed E-state index contributed by atoms with van der Waals surface area (Å²) in [6, 6.07) is 5.91. The zero-order chi connectivity index (χ0) is 22.4. The number of rotatable bonds is 2. The van der Waals surface area contributed by atoms with Crippen molar-refractivity contribution >= 4 is 55.8 Å². The highest BCUT2D eigenvalue weighted by Crippen LogP contribution is 2.35. The number of hydrogen-bond acceptors (Lipinski definition) is 7. The van der Waals surface area contributed by atoms with Crippen LogP contribution in [-0.2, 0) is 16.6 Å². The number of nitrogens with zero attached hydrogens (tertiary/aromatic N) is 5. The lowest BCUT2D eigenvalue weighted by atomic mass is 9.89. The Bertz CT molecular complexity index is 1340. The van der Waals surface area contributed by atoms with Crippen LogP contribution in [0.25, 0.3) is 21.1 Å². The van der Waals surface area contributed by atoms with Gasteiger partial charge in [-0.3, -0.25) is 14.3 Å². The van der Waals surface area contributed by atoms with Crippen molar-refractivity contribution in [2.75, 3.05) is 17.6 Å². The molecule has 164 valence electrons. The summed E-state index contributed by atoms with van der Waals surface area (Å²) < 4.78 is 2.69. The second-order valence-electron chi connectivity index (χ2n) is 8.28. The molecular weight excluding hydrogens is 426 g/mol. The summed E-state index contributed by atoms with van der Waals surface area (Å²) in [6.07, 6.45) is 4.84. The fourth-order valence-electron chi connectivity index (χ4n) is 4.41. The number of amides is 2. The monoisotopic (exact) mass is 449 g/mol. The van der Waals surface area contributed by atoms with Gasteiger partial charge in [-0.15, -0.1) is 11.3 Å². The van der Waals surface area contributed by atoms with Gasteiger partial charge in [0.2, 0.25) is 0 Å². The van der Waals surface area contributed by atoms with Gasteiger partial charge in [0.1, 0.15) is 11.3 Å². The van der Waals surface area contributed by atoms with Gasteiger partial charge in [0.25, 0.3) is 0 Å². The van der Waals surface area contributed by atoms with Crippen molar-refractivity contribution in [3.63, 3.8) is 0 Å². The van der Waals surface area contributed by atoms with E-state index >= 15 is 0 Å². The SMILES string of the molecule is CC1CCC(c2ccc3scnc3c2)N(C(=O)C(=O)Nc2cnc(N)c3c2cnn3C)C1. The molecule has 0 bridgehead atoms. The van der Waals surface area contributed by atoms with E-state index in [0.717, 1.165) is 28.6 Å². The smallest absolute Gasteiger partial charge is 0.313 e. The Morgan fingerprint density at radius 2 is 2.06 bits per heavy atom. The van der Waals surface area contributed by atoms with Crippen molar-refractivity contribution in [2.24, 2.45) is 13.0 Å². The fourth-order valence-corrected chi connectivity index (χ4v) is 5.07. The second kappa shape index (κ2) is 7.86. The molecule has 32 heavy (non-hydrogen) atoms. The maximum atomic E-state index is 13.3. The first-order valence-corrected chi connectivity index (χ1v) is 11.3. The summed E-state index contributed by atoms with van der Waals surface area (Å²) in [4.78, 5) is 36.5. The molecule has 0 radical (unpaired) electrons. The van der Waals surface area contributed by atoms with E-state index < -0.39 is 11.8 Å². The highest BCUT2D eigenvalue weighted by Gasteiger charge is 2.34. The maximum absolute atomic E-state index is 13.3. The molecule has 1 aliphatic heterocycles. The summed E-state index contributed by atoms with van der Waals surface area (Å²) in [5, 5.41) is 7.55. The molecule has 2 unspecified atom stereocenters. The maximum Gasteiger partial charge on any atom is 0.313 e. The molecule has 3 N–H and O–H groups in total. The number of anilines is 2. The molecule has 1 fully saturated rings. The van der Waals surface area contributed by atoms with Crippen LogP contribution in [0.1, 0.15) is 31.4 Å². The van der Waals surface area contributed by atoms with Crippen LogP contribution in [0.4, 0.5) is 11.5 Å². The van der Waals surface area contributed by atoms with Crippen LogP contribution in [0, 0.1) is 5.92 Å². The Morgan fingerprint density at radius 3 is 2.91 bits per heavy atom. The van der Waals surface area contributed by atoms with E-state index in [4.69, 9.17) is 5.73 Å². The number of aryl methyl sites for hydroxylation is 1. The number of benzene rings is 1. The quantitative estimate of drug-likeness (QED) is 0.454. The third kappa shape index (κ3) is 3.46. The zero-order valence-corrected chi connectivity index (χ0v) is 18.6. The van der Waals surface area contributed by atoms with Crippen LogP contribution in [-0.4, -0.2) is 43.0 Å². The van der Waals surface area contributed by atoms with Gasteiger partial charge in [-0.1, -0.05) is 13.0 Å². The minimum atomic E-state index is -0.699. The number of nitrogens with two attached hydrogens (primary N) is 1. The Hall–Kier alpha value is -3.53. The number of piperidine rings is 1. The Morgan fingerprint density at radius 1 is 1.22 bits per heavy atom. The molecule has 0 aliphatic carbocycles. The number of likely N-dealkylation sites (tertiary alicyclic amines) is 1. The fraction of sp³-hybridized carbons (Fsp3) is 0.318. The van der Waals surface area contributed by atoms with Crippen molar-refractivity contribution in [1.82, 2.24) is 24.6 Å². The van der Waals surface area contributed by atoms with Crippen LogP contribution in [0.3, 0.4) is 0 Å². The number of carbonyl (C=O) groups is 2. The van der Waals surface area contributed by atoms with Crippen LogP contribution >= 0.6 is 11.3 Å². The lowest BCUT2D eigenvalue weighted by molar-refractivity contribution is -0.146. The van der Waals surface area contributed by atoms with E-state index in [9.17, 15) is 9.59 Å². The van der Waals surface area contributed by atoms with Crippen LogP contribution < -0.4 is 11.1 Å². The standard InChI is InChI=1S/C22H23N7O2S/c1-12-3-5-17(13-4-6-18-15(7-13)25-11-32-18)29(10-12)22(31)21(30)27-16-9-24-20(23)19-14(16)8-26-28(19)2/h4,6-9,11-12,17H,3,5,10H2,1-2H3,(H2,23,24)(H,27,30). The van der Waals surface area contributed by atoms with Gasteiger partial charge in [0.15, 0.2) is 0 Å². The molecule has 5 rings (SSSR count). The van der Waals surface area contributed by atoms with E-state index in [1.165, 1.54) is 6.20 Å². The van der Waals surface area contributed by atoms with E-state index in [-0.39, 0.29) is 6.04 Å². The molecule has 2 amide bonds. The van der Waals surface area contributed by atoms with Gasteiger partial charge in [0, 0.05) is 19.0 Å². The Labute approximate surface area is 188 Å². The highest BCUT2D eigenvalue weighted by atomic mass is 32.1. The van der Waals surface area contributed by atoms with E-state index in [1.54, 1.807) is 34.2 Å². The first-order valence-electron chi connectivity index (χ1n) is 10.4. The zero-order valence-electron chi connectivity index (χ0n) is 17.8. The Balaban J connectivity index is 1.43. The number of nitrogen functional groups attached to an aromatic ring is 1. The molecule has 9 nitrogen and oxygen atoms in total. The summed E-state index contributed by atoms with van der Waals surface area (Å²) in [5.41, 5.74) is 10.7. The highest BCUT2D eigenvalue weighted by molar-refractivity contribution is 7.16. The molecule has 3 aromatic heterocycles. The molecular formula is C22H23N7O2S. The largest absolute Gasteiger partial charge is 0.382 e. The molecule has 1 aliphatic rings. The minimum absolute atomic E-state index is 0.168. The molecule has 10 heteroatoms. The van der Waals surface area contributed by atoms with Gasteiger partial charge in [-0.05, 0) is 36.5 Å². The predicted molar refractivity (Wildman–Crippen MR) is 124 cm³/mol. The Kier molecular flexibility index (Phi) is 5.01. The summed E-state index contributed by atoms with van der Waals surface area (Å²) >= 11 is 1.58. The number of thiazole rings is 1. The average molecular weight is 450 g/mol. The first kappa shape index (κ1) is 20.4. The number of hydrogen-bond donors (Lipinski definition) is 2. The van der Waals surface area contributed by atoms with Crippen molar-refractivity contribution in [1.29, 1.82) is 0 Å². The molecule has 0 saturated carbocycles. The number of aromatic nitrogens is 4. The van der Waals surface area contributed by atoms with Crippen LogP contribution in [0.2, 0.25) is 0 Å². The predicted octanol–water partition coefficient (Wildman–Crippen LogP) is 3.10. The molecule has 2 atom stereocenters. The first-order chi connectivity index (χ1) is 15.4. The van der Waals surface area contributed by atoms with Crippen molar-refractivity contribution in [3.8, 4) is 0 Å². The molecule has 1 saturated heterocycles. The molecule has 1 aromatic carbocycles. The number of fused-ring (bicyclic) bond motifs is 2. The van der Waals surface area contributed by atoms with Gasteiger partial charge >= 0.3 is 11.8 Å². The van der Waals surface area contributed by atoms with E-state index in [1.807, 2.05) is 23.7 Å². The van der Waals surface area contributed by atoms with Gasteiger partial charge < -0.3 is 16.0 Å². The molecule has 4 heterocycles. The molecule has 4 aromatic rings. The number of pyridine rings is 1. The third-order valence-electron chi connectivity index (χ3n) is 6.06. The summed E-state index contributed by atoms with van der Waals surface area (Å²) in [6.45, 7) is 2.62. The van der Waals surface area contributed by atoms with Gasteiger partial charge in [-0.25, -0.2) is 9.97 Å². The lowest BCUT2D eigenvalue weighted by Gasteiger charge is -2.38. The van der Waals surface area contributed by atoms with Crippen molar-refractivity contribution in [3.05, 3.63) is 41.7 Å². The second-order valence-corrected chi connectivity index (χ2v) is 9.16. The van der Waals surface area contributed by atoms with Crippen molar-refractivity contribution < 1.29 is 9.59 Å². The number of nitrogens with one attached hydrogen (secondary N) is 1. The van der Waals surface area contributed by atoms with Crippen LogP contribution in [0.5, 0.6) is 0 Å². The molecule has 0 spiro atoms. The van der Waals surface area contributed by atoms with E-state index in [2.05, 4.69) is 27.3 Å². The topological polar surface area (TPSA) is 119 Å². The number of carbonyl (C=O) groups excluding carboxylic acids is 2. The third-order valence-corrected chi connectivity index (χ3v) is 6.87. The lowest BCUT2D eigenvalue weighted by Crippen LogP contribution is -2.46. The summed E-state index contributed by atoms with van der Waals surface area (Å²) in [7, 11) is 1.75. The summed E-state index contributed by atoms with van der Waals surface area (Å²) in [5.74, 6) is -0.634. The average Bonchev–Trinajstić information content (AvgIpc) is 3.41. The minimum Gasteiger partial charge on any atom is -0.382 e. The van der Waals surface area contributed by atoms with Gasteiger partial charge in [-0.2, -0.15) is 5.10 Å². The normalized spacial score (nSPS) is 18.9. The van der Waals surface area contributed by atoms with Crippen molar-refractivity contribution in [2.45, 2.75) is 25.8 Å². The van der Waals surface area contributed by atoms with Crippen LogP contribution in [0.15, 0.2) is 36.1 Å². The van der Waals surface area contributed by atoms with Gasteiger partial charge in [0.05, 0.1) is 39.9 Å².